The lowest BCUT2D eigenvalue weighted by Crippen LogP contribution is -2.27. The van der Waals surface area contributed by atoms with Crippen LogP contribution in [-0.4, -0.2) is 29.2 Å². The van der Waals surface area contributed by atoms with Gasteiger partial charge in [0.2, 0.25) is 0 Å². The van der Waals surface area contributed by atoms with Crippen LogP contribution in [0.15, 0.2) is 58.5 Å². The normalized spacial score (nSPS) is 11.0. The first kappa shape index (κ1) is 19.8. The van der Waals surface area contributed by atoms with E-state index in [0.717, 1.165) is 11.8 Å². The number of thioether (sulfide) groups is 1. The van der Waals surface area contributed by atoms with E-state index in [1.54, 1.807) is 42.5 Å². The number of carbonyl (C=O) groups excluding carboxylic acids is 1. The van der Waals surface area contributed by atoms with Crippen molar-refractivity contribution in [3.8, 4) is 5.75 Å². The number of nitrogens with zero attached hydrogens (tertiary/aromatic N) is 2. The third-order valence-corrected chi connectivity index (χ3v) is 4.91. The van der Waals surface area contributed by atoms with Crippen LogP contribution in [-0.2, 0) is 21.8 Å². The van der Waals surface area contributed by atoms with E-state index in [-0.39, 0.29) is 28.8 Å². The van der Waals surface area contributed by atoms with Crippen LogP contribution in [0, 0.1) is 0 Å². The lowest BCUT2D eigenvalue weighted by Gasteiger charge is -2.13. The van der Waals surface area contributed by atoms with Gasteiger partial charge in [0.05, 0.1) is 18.0 Å². The molecule has 0 saturated carbocycles. The standard InChI is InChI=1S/C19H16F2N2O4S/c1-26-16(24)10-23-17(25)13-7-3-4-8-14(13)22-19(23)28-11-12-6-2-5-9-15(12)27-18(20)21/h2-9,18H,10-11H2,1H3. The van der Waals surface area contributed by atoms with Gasteiger partial charge in [-0.25, -0.2) is 4.98 Å². The van der Waals surface area contributed by atoms with Gasteiger partial charge < -0.3 is 9.47 Å². The summed E-state index contributed by atoms with van der Waals surface area (Å²) in [7, 11) is 1.23. The molecule has 2 aromatic carbocycles. The number of alkyl halides is 2. The minimum atomic E-state index is -2.94. The van der Waals surface area contributed by atoms with Gasteiger partial charge in [-0.15, -0.1) is 0 Å². The van der Waals surface area contributed by atoms with Crippen molar-refractivity contribution in [3.63, 3.8) is 0 Å². The number of ether oxygens (including phenoxy) is 2. The second-order valence-electron chi connectivity index (χ2n) is 5.65. The molecule has 0 N–H and O–H groups in total. The summed E-state index contributed by atoms with van der Waals surface area (Å²) in [5.74, 6) is -0.329. The molecular weight excluding hydrogens is 390 g/mol. The van der Waals surface area contributed by atoms with Gasteiger partial charge in [0.25, 0.3) is 5.56 Å². The Morgan fingerprint density at radius 3 is 2.64 bits per heavy atom. The highest BCUT2D eigenvalue weighted by Gasteiger charge is 2.16. The van der Waals surface area contributed by atoms with Gasteiger partial charge in [0.1, 0.15) is 12.3 Å². The number of benzene rings is 2. The number of methoxy groups -OCH3 is 1. The molecule has 1 aromatic heterocycles. The van der Waals surface area contributed by atoms with Crippen LogP contribution in [0.1, 0.15) is 5.56 Å². The van der Waals surface area contributed by atoms with Gasteiger partial charge in [-0.05, 0) is 18.2 Å². The van der Waals surface area contributed by atoms with Gasteiger partial charge in [0, 0.05) is 11.3 Å². The number of hydrogen-bond acceptors (Lipinski definition) is 6. The van der Waals surface area contributed by atoms with Crippen LogP contribution in [0.3, 0.4) is 0 Å². The summed E-state index contributed by atoms with van der Waals surface area (Å²) in [6.07, 6.45) is 0. The number of aromatic nitrogens is 2. The molecule has 146 valence electrons. The minimum absolute atomic E-state index is 0.0488. The highest BCUT2D eigenvalue weighted by molar-refractivity contribution is 7.98. The molecule has 0 unspecified atom stereocenters. The van der Waals surface area contributed by atoms with Gasteiger partial charge in [-0.2, -0.15) is 8.78 Å². The lowest BCUT2D eigenvalue weighted by molar-refractivity contribution is -0.141. The third-order valence-electron chi connectivity index (χ3n) is 3.89. The zero-order valence-electron chi connectivity index (χ0n) is 14.8. The summed E-state index contributed by atoms with van der Waals surface area (Å²) in [4.78, 5) is 29.0. The van der Waals surface area contributed by atoms with Crippen molar-refractivity contribution in [2.45, 2.75) is 24.1 Å². The summed E-state index contributed by atoms with van der Waals surface area (Å²) in [6, 6.07) is 13.1. The fourth-order valence-corrected chi connectivity index (χ4v) is 3.56. The van der Waals surface area contributed by atoms with E-state index >= 15 is 0 Å². The smallest absolute Gasteiger partial charge is 0.387 e. The second-order valence-corrected chi connectivity index (χ2v) is 6.60. The number of esters is 1. The predicted molar refractivity (Wildman–Crippen MR) is 101 cm³/mol. The largest absolute Gasteiger partial charge is 0.468 e. The monoisotopic (exact) mass is 406 g/mol. The molecule has 6 nitrogen and oxygen atoms in total. The molecule has 0 saturated heterocycles. The van der Waals surface area contributed by atoms with Crippen LogP contribution in [0.5, 0.6) is 5.75 Å². The van der Waals surface area contributed by atoms with Crippen LogP contribution in [0.2, 0.25) is 0 Å². The molecule has 0 fully saturated rings. The molecule has 1 heterocycles. The molecule has 0 aliphatic carbocycles. The summed E-state index contributed by atoms with van der Waals surface area (Å²) in [5, 5.41) is 0.651. The Morgan fingerprint density at radius 1 is 1.18 bits per heavy atom. The van der Waals surface area contributed by atoms with Crippen molar-refractivity contribution in [1.82, 2.24) is 9.55 Å². The number of hydrogen-bond donors (Lipinski definition) is 0. The fourth-order valence-electron chi connectivity index (χ4n) is 2.57. The Kier molecular flexibility index (Phi) is 6.25. The highest BCUT2D eigenvalue weighted by Crippen LogP contribution is 2.28. The van der Waals surface area contributed by atoms with Crippen molar-refractivity contribution in [2.24, 2.45) is 0 Å². The number of carbonyl (C=O) groups is 1. The average molecular weight is 406 g/mol. The van der Waals surface area contributed by atoms with Crippen LogP contribution in [0.4, 0.5) is 8.78 Å². The Labute approximate surface area is 163 Å². The highest BCUT2D eigenvalue weighted by atomic mass is 32.2. The topological polar surface area (TPSA) is 70.4 Å². The molecule has 0 bridgehead atoms. The first-order valence-electron chi connectivity index (χ1n) is 8.21. The van der Waals surface area contributed by atoms with E-state index in [1.807, 2.05) is 0 Å². The van der Waals surface area contributed by atoms with Crippen LogP contribution >= 0.6 is 11.8 Å². The molecule has 0 radical (unpaired) electrons. The third kappa shape index (κ3) is 4.48. The molecule has 0 spiro atoms. The van der Waals surface area contributed by atoms with Gasteiger partial charge in [-0.1, -0.05) is 42.1 Å². The summed E-state index contributed by atoms with van der Waals surface area (Å²) in [6.45, 7) is -3.24. The van der Waals surface area contributed by atoms with Crippen molar-refractivity contribution in [1.29, 1.82) is 0 Å². The van der Waals surface area contributed by atoms with Crippen molar-refractivity contribution >= 4 is 28.6 Å². The molecule has 0 aliphatic rings. The quantitative estimate of drug-likeness (QED) is 0.340. The van der Waals surface area contributed by atoms with Crippen molar-refractivity contribution in [3.05, 3.63) is 64.4 Å². The molecule has 0 atom stereocenters. The summed E-state index contributed by atoms with van der Waals surface area (Å²) in [5.41, 5.74) is 0.615. The van der Waals surface area contributed by atoms with Crippen molar-refractivity contribution in [2.75, 3.05) is 7.11 Å². The van der Waals surface area contributed by atoms with E-state index in [1.165, 1.54) is 17.7 Å². The maximum atomic E-state index is 12.8. The van der Waals surface area contributed by atoms with Crippen LogP contribution < -0.4 is 10.3 Å². The van der Waals surface area contributed by atoms with E-state index < -0.39 is 12.6 Å². The lowest BCUT2D eigenvalue weighted by atomic mass is 10.2. The maximum absolute atomic E-state index is 12.8. The first-order chi connectivity index (χ1) is 13.5. The number of rotatable bonds is 7. The average Bonchev–Trinajstić information content (AvgIpc) is 2.69. The Hall–Kier alpha value is -2.94. The summed E-state index contributed by atoms with van der Waals surface area (Å²) >= 11 is 1.14. The minimum Gasteiger partial charge on any atom is -0.468 e. The molecule has 28 heavy (non-hydrogen) atoms. The number of para-hydroxylation sites is 2. The molecule has 9 heteroatoms. The molecule has 3 aromatic rings. The van der Waals surface area contributed by atoms with E-state index in [0.29, 0.717) is 16.5 Å². The maximum Gasteiger partial charge on any atom is 0.387 e. The van der Waals surface area contributed by atoms with E-state index in [2.05, 4.69) is 14.5 Å². The fraction of sp³-hybridized carbons (Fsp3) is 0.211. The van der Waals surface area contributed by atoms with Crippen LogP contribution in [0.25, 0.3) is 10.9 Å². The van der Waals surface area contributed by atoms with E-state index in [4.69, 9.17) is 0 Å². The van der Waals surface area contributed by atoms with Gasteiger partial charge >= 0.3 is 12.6 Å². The zero-order valence-corrected chi connectivity index (χ0v) is 15.6. The summed E-state index contributed by atoms with van der Waals surface area (Å²) < 4.78 is 35.6. The molecule has 0 amide bonds. The Bertz CT molecular complexity index is 1060. The Morgan fingerprint density at radius 2 is 1.89 bits per heavy atom. The van der Waals surface area contributed by atoms with Gasteiger partial charge in [0.15, 0.2) is 5.16 Å². The molecule has 0 aliphatic heterocycles. The second kappa shape index (κ2) is 8.83. The van der Waals surface area contributed by atoms with Gasteiger partial charge in [-0.3, -0.25) is 14.2 Å². The first-order valence-corrected chi connectivity index (χ1v) is 9.20. The predicted octanol–water partition coefficient (Wildman–Crippen LogP) is 3.46. The zero-order chi connectivity index (χ0) is 20.1. The SMILES string of the molecule is COC(=O)Cn1c(SCc2ccccc2OC(F)F)nc2ccccc2c1=O. The number of halogens is 2. The molecular formula is C19H16F2N2O4S. The molecule has 3 rings (SSSR count). The number of fused-ring (bicyclic) bond motifs is 1. The van der Waals surface area contributed by atoms with Crippen molar-refractivity contribution < 1.29 is 23.0 Å². The Balaban J connectivity index is 1.97. The van der Waals surface area contributed by atoms with E-state index in [9.17, 15) is 18.4 Å².